The van der Waals surface area contributed by atoms with Crippen LogP contribution in [0.4, 0.5) is 17.1 Å². The topological polar surface area (TPSA) is 116 Å². The summed E-state index contributed by atoms with van der Waals surface area (Å²) in [5.74, 6) is -5.61. The number of nitrogens with one attached hydrogen (secondary N) is 1. The Morgan fingerprint density at radius 1 is 0.913 bits per heavy atom. The zero-order chi connectivity index (χ0) is 32.5. The molecule has 2 N–H and O–H groups in total. The smallest absolute Gasteiger partial charge is 0.254 e. The number of halogens is 3. The molecule has 0 radical (unpaired) electrons. The van der Waals surface area contributed by atoms with Crippen LogP contribution in [-0.2, 0) is 19.2 Å². The molecule has 46 heavy (non-hydrogen) atoms. The molecule has 3 fully saturated rings. The van der Waals surface area contributed by atoms with Gasteiger partial charge in [0.1, 0.15) is 11.5 Å². The van der Waals surface area contributed by atoms with E-state index in [4.69, 9.17) is 27.9 Å². The standard InChI is InChI=1S/C34H28BrCl2N3O6/c1-46-25-9-5-8-24(41)27(25)28-21-14-15-22-26(23(21)16-33(36)31(44)39(17-35)32(45)34(28,33)37)30(43)40(29(22)42)20-12-10-19(11-13-20)38-18-6-3-2-4-7-18/h2-14,22-23,26,28,38,41H,15-17H2,1H3. The molecule has 2 saturated heterocycles. The van der Waals surface area contributed by atoms with E-state index >= 15 is 0 Å². The molecule has 2 aliphatic heterocycles. The number of ether oxygens (including phenoxy) is 1. The van der Waals surface area contributed by atoms with Crippen molar-refractivity contribution < 1.29 is 29.0 Å². The lowest BCUT2D eigenvalue weighted by atomic mass is 9.56. The Morgan fingerprint density at radius 3 is 2.28 bits per heavy atom. The molecule has 4 amide bonds. The number of rotatable bonds is 6. The molecule has 0 spiro atoms. The second-order valence-corrected chi connectivity index (χ2v) is 13.7. The highest BCUT2D eigenvalue weighted by atomic mass is 79.9. The molecule has 6 unspecified atom stereocenters. The number of para-hydroxylation sites is 1. The third-order valence-electron chi connectivity index (χ3n) is 9.75. The van der Waals surface area contributed by atoms with Gasteiger partial charge in [0.15, 0.2) is 9.75 Å². The number of phenolic OH excluding ortho intramolecular Hbond substituents is 1. The number of hydrogen-bond donors (Lipinski definition) is 2. The fraction of sp³-hybridized carbons (Fsp3) is 0.294. The van der Waals surface area contributed by atoms with E-state index in [1.165, 1.54) is 18.1 Å². The summed E-state index contributed by atoms with van der Waals surface area (Å²) in [5.41, 5.74) is 2.70. The Bertz CT molecular complexity index is 1820. The summed E-state index contributed by atoms with van der Waals surface area (Å²) in [4.78, 5) is 54.2. The predicted molar refractivity (Wildman–Crippen MR) is 177 cm³/mol. The lowest BCUT2D eigenvalue weighted by molar-refractivity contribution is -0.138. The fourth-order valence-corrected chi connectivity index (χ4v) is 9.12. The number of benzene rings is 3. The average Bonchev–Trinajstić information content (AvgIpc) is 3.39. The minimum Gasteiger partial charge on any atom is -0.508 e. The van der Waals surface area contributed by atoms with Crippen LogP contribution in [0.15, 0.2) is 84.4 Å². The second-order valence-electron chi connectivity index (χ2n) is 11.9. The van der Waals surface area contributed by atoms with Gasteiger partial charge in [-0.2, -0.15) is 0 Å². The van der Waals surface area contributed by atoms with Gasteiger partial charge in [-0.3, -0.25) is 29.0 Å². The van der Waals surface area contributed by atoms with E-state index in [2.05, 4.69) is 21.2 Å². The molecule has 12 heteroatoms. The summed E-state index contributed by atoms with van der Waals surface area (Å²) >= 11 is 17.8. The second kappa shape index (κ2) is 11.1. The Kier molecular flexibility index (Phi) is 7.45. The van der Waals surface area contributed by atoms with Crippen molar-refractivity contribution in [2.45, 2.75) is 28.5 Å². The molecular weight excluding hydrogens is 697 g/mol. The molecule has 2 heterocycles. The number of phenols is 1. The molecule has 236 valence electrons. The number of carbonyl (C=O) groups is 4. The number of alkyl halides is 3. The van der Waals surface area contributed by atoms with Gasteiger partial charge >= 0.3 is 0 Å². The third kappa shape index (κ3) is 4.19. The first-order valence-electron chi connectivity index (χ1n) is 14.7. The van der Waals surface area contributed by atoms with E-state index in [-0.39, 0.29) is 41.3 Å². The molecule has 9 nitrogen and oxygen atoms in total. The molecule has 4 aliphatic rings. The Hall–Kier alpha value is -3.86. The van der Waals surface area contributed by atoms with Crippen molar-refractivity contribution in [2.24, 2.45) is 17.8 Å². The number of carbonyl (C=O) groups excluding carboxylic acids is 4. The van der Waals surface area contributed by atoms with E-state index in [9.17, 15) is 24.3 Å². The predicted octanol–water partition coefficient (Wildman–Crippen LogP) is 6.06. The number of nitrogens with zero attached hydrogens (tertiary/aromatic N) is 2. The van der Waals surface area contributed by atoms with Crippen LogP contribution in [0.25, 0.3) is 0 Å². The molecule has 3 aromatic rings. The molecule has 2 aliphatic carbocycles. The summed E-state index contributed by atoms with van der Waals surface area (Å²) < 4.78 is 5.61. The number of hydrogen-bond acceptors (Lipinski definition) is 7. The summed E-state index contributed by atoms with van der Waals surface area (Å²) in [7, 11) is 1.42. The molecule has 6 atom stereocenters. The number of aromatic hydroxyl groups is 1. The van der Waals surface area contributed by atoms with Crippen molar-refractivity contribution in [3.05, 3.63) is 90.0 Å². The fourth-order valence-electron chi connectivity index (χ4n) is 7.71. The summed E-state index contributed by atoms with van der Waals surface area (Å²) in [6.45, 7) is 0. The van der Waals surface area contributed by atoms with Gasteiger partial charge in [0.25, 0.3) is 11.8 Å². The number of methoxy groups -OCH3 is 1. The van der Waals surface area contributed by atoms with Gasteiger partial charge < -0.3 is 15.2 Å². The van der Waals surface area contributed by atoms with Gasteiger partial charge in [-0.1, -0.05) is 51.8 Å². The number of likely N-dealkylation sites (tertiary alicyclic amines) is 1. The minimum absolute atomic E-state index is 0.145. The zero-order valence-corrected chi connectivity index (χ0v) is 27.6. The highest BCUT2D eigenvalue weighted by Crippen LogP contribution is 2.67. The van der Waals surface area contributed by atoms with Crippen LogP contribution in [-0.4, -0.2) is 55.9 Å². The van der Waals surface area contributed by atoms with Gasteiger partial charge in [0, 0.05) is 22.9 Å². The maximum absolute atomic E-state index is 14.3. The van der Waals surface area contributed by atoms with Crippen LogP contribution in [0.2, 0.25) is 0 Å². The van der Waals surface area contributed by atoms with Crippen molar-refractivity contribution in [1.82, 2.24) is 4.90 Å². The maximum atomic E-state index is 14.3. The van der Waals surface area contributed by atoms with E-state index in [1.54, 1.807) is 36.4 Å². The normalized spacial score (nSPS) is 30.1. The number of amides is 4. The van der Waals surface area contributed by atoms with Gasteiger partial charge in [-0.05, 0) is 67.3 Å². The largest absolute Gasteiger partial charge is 0.508 e. The van der Waals surface area contributed by atoms with Crippen LogP contribution < -0.4 is 15.0 Å². The van der Waals surface area contributed by atoms with Crippen LogP contribution in [0, 0.1) is 17.8 Å². The quantitative estimate of drug-likeness (QED) is 0.138. The molecule has 1 saturated carbocycles. The Balaban J connectivity index is 1.30. The number of allylic oxidation sites excluding steroid dienone is 2. The Labute approximate surface area is 283 Å². The van der Waals surface area contributed by atoms with Gasteiger partial charge in [0.05, 0.1) is 30.1 Å². The van der Waals surface area contributed by atoms with Crippen LogP contribution in [0.3, 0.4) is 0 Å². The minimum atomic E-state index is -2.05. The first kappa shape index (κ1) is 30.8. The van der Waals surface area contributed by atoms with Crippen molar-refractivity contribution in [3.8, 4) is 11.5 Å². The van der Waals surface area contributed by atoms with Gasteiger partial charge in [-0.15, -0.1) is 23.2 Å². The van der Waals surface area contributed by atoms with Crippen LogP contribution in [0.1, 0.15) is 24.3 Å². The molecule has 7 rings (SSSR count). The summed E-state index contributed by atoms with van der Waals surface area (Å²) in [6.07, 6.45) is 1.86. The maximum Gasteiger partial charge on any atom is 0.254 e. The van der Waals surface area contributed by atoms with E-state index in [0.29, 0.717) is 11.3 Å². The van der Waals surface area contributed by atoms with E-state index in [0.717, 1.165) is 16.3 Å². The monoisotopic (exact) mass is 723 g/mol. The third-order valence-corrected chi connectivity index (χ3v) is 11.7. The summed E-state index contributed by atoms with van der Waals surface area (Å²) in [6, 6.07) is 21.3. The van der Waals surface area contributed by atoms with E-state index in [1.807, 2.05) is 36.4 Å². The zero-order valence-electron chi connectivity index (χ0n) is 24.5. The number of imide groups is 2. The highest BCUT2D eigenvalue weighted by Gasteiger charge is 2.76. The molecular formula is C34H28BrCl2N3O6. The average molecular weight is 725 g/mol. The van der Waals surface area contributed by atoms with Crippen LogP contribution >= 0.6 is 39.1 Å². The van der Waals surface area contributed by atoms with Crippen molar-refractivity contribution in [1.29, 1.82) is 0 Å². The molecule has 0 aromatic heterocycles. The Morgan fingerprint density at radius 2 is 1.61 bits per heavy atom. The first-order chi connectivity index (χ1) is 22.1. The highest BCUT2D eigenvalue weighted by molar-refractivity contribution is 9.09. The SMILES string of the molecule is COc1cccc(O)c1C1C2=CCC3C(=O)N(c4ccc(Nc5ccccc5)cc4)C(=O)C3C2CC2(Cl)C(=O)N(CBr)C(=O)C12Cl. The first-order valence-corrected chi connectivity index (χ1v) is 16.6. The molecule has 3 aromatic carbocycles. The van der Waals surface area contributed by atoms with E-state index < -0.39 is 51.1 Å². The van der Waals surface area contributed by atoms with Crippen molar-refractivity contribution >= 4 is 79.8 Å². The van der Waals surface area contributed by atoms with Crippen molar-refractivity contribution in [3.63, 3.8) is 0 Å². The lowest BCUT2D eigenvalue weighted by Gasteiger charge is -2.50. The summed E-state index contributed by atoms with van der Waals surface area (Å²) in [5, 5.41) is 14.5. The van der Waals surface area contributed by atoms with Gasteiger partial charge in [0.2, 0.25) is 11.8 Å². The van der Waals surface area contributed by atoms with Crippen molar-refractivity contribution in [2.75, 3.05) is 22.8 Å². The molecule has 0 bridgehead atoms. The number of anilines is 3. The van der Waals surface area contributed by atoms with Gasteiger partial charge in [-0.25, -0.2) is 0 Å². The van der Waals surface area contributed by atoms with Crippen LogP contribution in [0.5, 0.6) is 11.5 Å². The lowest BCUT2D eigenvalue weighted by Crippen LogP contribution is -2.60. The number of fused-ring (bicyclic) bond motifs is 4.